The van der Waals surface area contributed by atoms with Gasteiger partial charge in [-0.2, -0.15) is 0 Å². The van der Waals surface area contributed by atoms with E-state index < -0.39 is 0 Å². The number of rotatable bonds is 4. The van der Waals surface area contributed by atoms with Crippen LogP contribution in [0.5, 0.6) is 0 Å². The zero-order chi connectivity index (χ0) is 16.1. The molecule has 0 atom stereocenters. The Bertz CT molecular complexity index is 840. The summed E-state index contributed by atoms with van der Waals surface area (Å²) in [6.45, 7) is 2.47. The van der Waals surface area contributed by atoms with E-state index in [2.05, 4.69) is 46.0 Å². The Morgan fingerprint density at radius 3 is 2.70 bits per heavy atom. The van der Waals surface area contributed by atoms with Crippen LogP contribution in [-0.2, 0) is 0 Å². The van der Waals surface area contributed by atoms with Gasteiger partial charge in [0.15, 0.2) is 5.13 Å². The number of benzene rings is 2. The molecule has 2 N–H and O–H groups in total. The average molecular weight is 323 g/mol. The fourth-order valence-electron chi connectivity index (χ4n) is 2.16. The maximum absolute atomic E-state index is 11.5. The van der Waals surface area contributed by atoms with Crippen molar-refractivity contribution < 1.29 is 4.79 Å². The molecule has 0 fully saturated rings. The number of thiazole rings is 1. The third-order valence-electron chi connectivity index (χ3n) is 3.24. The van der Waals surface area contributed by atoms with Crippen LogP contribution < -0.4 is 10.6 Å². The van der Waals surface area contributed by atoms with Gasteiger partial charge in [-0.25, -0.2) is 9.78 Å². The van der Waals surface area contributed by atoms with Crippen LogP contribution in [0.1, 0.15) is 18.1 Å². The Hall–Kier alpha value is -2.66. The van der Waals surface area contributed by atoms with Gasteiger partial charge < -0.3 is 5.32 Å². The monoisotopic (exact) mass is 323 g/mol. The standard InChI is InChI=1S/C18H17N3OS/c1-2-19-17(22)21-18-20-15-11-10-14(12-16(15)23-18)9-8-13-6-4-3-5-7-13/h3-12H,2H2,1H3,(H2,19,20,21,22)/b9-8+. The molecule has 3 aromatic rings. The van der Waals surface area contributed by atoms with Crippen molar-refractivity contribution in [3.05, 3.63) is 59.7 Å². The number of carbonyl (C=O) groups is 1. The van der Waals surface area contributed by atoms with Crippen LogP contribution in [0.25, 0.3) is 22.4 Å². The highest BCUT2D eigenvalue weighted by Gasteiger charge is 2.06. The number of urea groups is 1. The summed E-state index contributed by atoms with van der Waals surface area (Å²) in [5.74, 6) is 0. The van der Waals surface area contributed by atoms with E-state index in [0.29, 0.717) is 11.7 Å². The molecule has 1 heterocycles. The van der Waals surface area contributed by atoms with E-state index >= 15 is 0 Å². The number of carbonyl (C=O) groups excluding carboxylic acids is 1. The van der Waals surface area contributed by atoms with Crippen molar-refractivity contribution in [2.75, 3.05) is 11.9 Å². The van der Waals surface area contributed by atoms with Gasteiger partial charge in [0.2, 0.25) is 0 Å². The van der Waals surface area contributed by atoms with Gasteiger partial charge in [-0.1, -0.05) is 59.9 Å². The fraction of sp³-hybridized carbons (Fsp3) is 0.111. The summed E-state index contributed by atoms with van der Waals surface area (Å²) in [4.78, 5) is 16.0. The molecule has 1 aromatic heterocycles. The molecule has 0 aliphatic carbocycles. The molecule has 0 radical (unpaired) electrons. The molecule has 3 rings (SSSR count). The van der Waals surface area contributed by atoms with Gasteiger partial charge >= 0.3 is 6.03 Å². The SMILES string of the molecule is CCNC(=O)Nc1nc2ccc(/C=C/c3ccccc3)cc2s1. The molecule has 0 aliphatic rings. The zero-order valence-electron chi connectivity index (χ0n) is 12.7. The summed E-state index contributed by atoms with van der Waals surface area (Å²) < 4.78 is 1.05. The lowest BCUT2D eigenvalue weighted by atomic mass is 10.1. The first-order valence-electron chi connectivity index (χ1n) is 7.43. The average Bonchev–Trinajstić information content (AvgIpc) is 2.95. The predicted molar refractivity (Wildman–Crippen MR) is 97.7 cm³/mol. The van der Waals surface area contributed by atoms with Crippen molar-refractivity contribution in [2.45, 2.75) is 6.92 Å². The Labute approximate surface area is 138 Å². The number of nitrogens with one attached hydrogen (secondary N) is 2. The summed E-state index contributed by atoms with van der Waals surface area (Å²) in [5.41, 5.74) is 3.16. The third kappa shape index (κ3) is 3.96. The highest BCUT2D eigenvalue weighted by Crippen LogP contribution is 2.27. The van der Waals surface area contributed by atoms with Gasteiger partial charge in [-0.3, -0.25) is 5.32 Å². The minimum Gasteiger partial charge on any atom is -0.338 e. The first kappa shape index (κ1) is 15.2. The van der Waals surface area contributed by atoms with E-state index in [1.807, 2.05) is 37.3 Å². The number of hydrogen-bond acceptors (Lipinski definition) is 3. The molecule has 0 unspecified atom stereocenters. The number of hydrogen-bond donors (Lipinski definition) is 2. The number of anilines is 1. The van der Waals surface area contributed by atoms with Crippen molar-refractivity contribution in [1.82, 2.24) is 10.3 Å². The first-order chi connectivity index (χ1) is 11.2. The van der Waals surface area contributed by atoms with Crippen molar-refractivity contribution in [2.24, 2.45) is 0 Å². The summed E-state index contributed by atoms with van der Waals surface area (Å²) in [6, 6.07) is 16.0. The van der Waals surface area contributed by atoms with E-state index in [0.717, 1.165) is 21.3 Å². The molecule has 0 bridgehead atoms. The molecule has 0 saturated heterocycles. The lowest BCUT2D eigenvalue weighted by Gasteiger charge is -2.00. The van der Waals surface area contributed by atoms with Crippen molar-refractivity contribution in [3.63, 3.8) is 0 Å². The van der Waals surface area contributed by atoms with Gasteiger partial charge in [0.1, 0.15) is 0 Å². The molecule has 0 saturated carbocycles. The summed E-state index contributed by atoms with van der Waals surface area (Å²) >= 11 is 1.47. The molecule has 0 spiro atoms. The van der Waals surface area contributed by atoms with Crippen LogP contribution in [0.3, 0.4) is 0 Å². The Morgan fingerprint density at radius 1 is 1.13 bits per heavy atom. The summed E-state index contributed by atoms with van der Waals surface area (Å²) in [7, 11) is 0. The normalized spacial score (nSPS) is 11.0. The minimum absolute atomic E-state index is 0.226. The van der Waals surface area contributed by atoms with E-state index in [-0.39, 0.29) is 6.03 Å². The molecule has 0 aliphatic heterocycles. The molecule has 2 aromatic carbocycles. The van der Waals surface area contributed by atoms with Crippen molar-refractivity contribution in [3.8, 4) is 0 Å². The van der Waals surface area contributed by atoms with Crippen LogP contribution >= 0.6 is 11.3 Å². The molecular formula is C18H17N3OS. The molecule has 4 nitrogen and oxygen atoms in total. The number of fused-ring (bicyclic) bond motifs is 1. The lowest BCUT2D eigenvalue weighted by molar-refractivity contribution is 0.252. The Balaban J connectivity index is 1.79. The van der Waals surface area contributed by atoms with Gasteiger partial charge in [0.05, 0.1) is 10.2 Å². The maximum atomic E-state index is 11.5. The molecule has 2 amide bonds. The van der Waals surface area contributed by atoms with Crippen LogP contribution in [0.2, 0.25) is 0 Å². The van der Waals surface area contributed by atoms with E-state index in [4.69, 9.17) is 0 Å². The predicted octanol–water partition coefficient (Wildman–Crippen LogP) is 4.61. The summed E-state index contributed by atoms with van der Waals surface area (Å²) in [6.07, 6.45) is 4.15. The molecule has 5 heteroatoms. The fourth-order valence-corrected chi connectivity index (χ4v) is 3.07. The largest absolute Gasteiger partial charge is 0.338 e. The van der Waals surface area contributed by atoms with Gasteiger partial charge in [0.25, 0.3) is 0 Å². The van der Waals surface area contributed by atoms with Gasteiger partial charge in [-0.15, -0.1) is 0 Å². The van der Waals surface area contributed by atoms with Gasteiger partial charge in [-0.05, 0) is 30.2 Å². The maximum Gasteiger partial charge on any atom is 0.321 e. The Kier molecular flexibility index (Phi) is 4.68. The van der Waals surface area contributed by atoms with Crippen LogP contribution in [-0.4, -0.2) is 17.6 Å². The zero-order valence-corrected chi connectivity index (χ0v) is 13.6. The third-order valence-corrected chi connectivity index (χ3v) is 4.17. The second-order valence-corrected chi connectivity index (χ2v) is 6.01. The summed E-state index contributed by atoms with van der Waals surface area (Å²) in [5, 5.41) is 6.05. The number of aromatic nitrogens is 1. The van der Waals surface area contributed by atoms with E-state index in [9.17, 15) is 4.79 Å². The first-order valence-corrected chi connectivity index (χ1v) is 8.25. The van der Waals surface area contributed by atoms with Crippen molar-refractivity contribution >= 4 is 44.9 Å². The second kappa shape index (κ2) is 7.07. The van der Waals surface area contributed by atoms with Gasteiger partial charge in [0, 0.05) is 6.54 Å². The smallest absolute Gasteiger partial charge is 0.321 e. The van der Waals surface area contributed by atoms with Crippen molar-refractivity contribution in [1.29, 1.82) is 0 Å². The van der Waals surface area contributed by atoms with E-state index in [1.165, 1.54) is 11.3 Å². The van der Waals surface area contributed by atoms with Crippen LogP contribution in [0.15, 0.2) is 48.5 Å². The number of amides is 2. The topological polar surface area (TPSA) is 54.0 Å². The highest BCUT2D eigenvalue weighted by atomic mass is 32.1. The van der Waals surface area contributed by atoms with Crippen LogP contribution in [0, 0.1) is 0 Å². The molecule has 23 heavy (non-hydrogen) atoms. The minimum atomic E-state index is -0.226. The van der Waals surface area contributed by atoms with Crippen LogP contribution in [0.4, 0.5) is 9.93 Å². The highest BCUT2D eigenvalue weighted by molar-refractivity contribution is 7.22. The molecule has 116 valence electrons. The molecular weight excluding hydrogens is 306 g/mol. The van der Waals surface area contributed by atoms with E-state index in [1.54, 1.807) is 0 Å². The Morgan fingerprint density at radius 2 is 1.91 bits per heavy atom. The lowest BCUT2D eigenvalue weighted by Crippen LogP contribution is -2.28. The second-order valence-electron chi connectivity index (χ2n) is 4.97. The quantitative estimate of drug-likeness (QED) is 0.689. The number of nitrogens with zero attached hydrogens (tertiary/aromatic N) is 1.